The van der Waals surface area contributed by atoms with E-state index >= 15 is 0 Å². The first kappa shape index (κ1) is 15.6. The van der Waals surface area contributed by atoms with Gasteiger partial charge >= 0.3 is 0 Å². The number of phenolic OH excluding ortho intramolecular Hbond substituents is 1. The van der Waals surface area contributed by atoms with Gasteiger partial charge in [-0.05, 0) is 25.5 Å². The summed E-state index contributed by atoms with van der Waals surface area (Å²) in [6, 6.07) is 7.42. The topological polar surface area (TPSA) is 57.0 Å². The van der Waals surface area contributed by atoms with Crippen LogP contribution >= 0.6 is 0 Å². The van der Waals surface area contributed by atoms with Crippen LogP contribution in [0.25, 0.3) is 0 Å². The van der Waals surface area contributed by atoms with Crippen molar-refractivity contribution in [2.75, 3.05) is 37.6 Å². The lowest BCUT2D eigenvalue weighted by Crippen LogP contribution is -3.19. The molecule has 116 valence electrons. The SMILES string of the molecule is CCCNC(=O)[C@@H](C)[NH+]1CCN(c2ccccc2O)CC1. The molecule has 0 saturated carbocycles. The number of rotatable bonds is 5. The Hall–Kier alpha value is -1.75. The van der Waals surface area contributed by atoms with Crippen LogP contribution in [-0.4, -0.2) is 49.8 Å². The maximum Gasteiger partial charge on any atom is 0.278 e. The molecular weight excluding hydrogens is 266 g/mol. The van der Waals surface area contributed by atoms with Crippen LogP contribution in [0, 0.1) is 0 Å². The molecule has 1 fully saturated rings. The van der Waals surface area contributed by atoms with Crippen LogP contribution in [0.5, 0.6) is 5.75 Å². The van der Waals surface area contributed by atoms with Gasteiger partial charge in [-0.3, -0.25) is 4.79 Å². The number of benzene rings is 1. The monoisotopic (exact) mass is 292 g/mol. The highest BCUT2D eigenvalue weighted by molar-refractivity contribution is 5.79. The number of aromatic hydroxyl groups is 1. The van der Waals surface area contributed by atoms with Crippen molar-refractivity contribution < 1.29 is 14.8 Å². The molecule has 1 heterocycles. The number of carbonyl (C=O) groups is 1. The minimum absolute atomic E-state index is 0.0110. The van der Waals surface area contributed by atoms with E-state index in [0.717, 1.165) is 44.8 Å². The molecule has 0 radical (unpaired) electrons. The zero-order valence-electron chi connectivity index (χ0n) is 12.9. The number of phenols is 1. The largest absolute Gasteiger partial charge is 0.506 e. The summed E-state index contributed by atoms with van der Waals surface area (Å²) in [5, 5.41) is 12.9. The smallest absolute Gasteiger partial charge is 0.278 e. The Bertz CT molecular complexity index is 470. The number of anilines is 1. The average Bonchev–Trinajstić information content (AvgIpc) is 2.52. The molecular formula is C16H26N3O2+. The number of hydrogen-bond donors (Lipinski definition) is 3. The molecule has 2 rings (SSSR count). The molecule has 0 unspecified atom stereocenters. The van der Waals surface area contributed by atoms with Crippen molar-refractivity contribution in [1.29, 1.82) is 0 Å². The number of nitrogens with zero attached hydrogens (tertiary/aromatic N) is 1. The quantitative estimate of drug-likeness (QED) is 0.717. The van der Waals surface area contributed by atoms with Crippen molar-refractivity contribution in [3.8, 4) is 5.75 Å². The zero-order valence-corrected chi connectivity index (χ0v) is 12.9. The van der Waals surface area contributed by atoms with Crippen LogP contribution in [0.3, 0.4) is 0 Å². The Morgan fingerprint density at radius 1 is 1.38 bits per heavy atom. The Morgan fingerprint density at radius 2 is 2.05 bits per heavy atom. The number of hydrogen-bond acceptors (Lipinski definition) is 3. The summed E-state index contributed by atoms with van der Waals surface area (Å²) in [6.45, 7) is 8.35. The second-order valence-corrected chi connectivity index (χ2v) is 5.65. The van der Waals surface area contributed by atoms with Gasteiger partial charge < -0.3 is 20.2 Å². The fourth-order valence-corrected chi connectivity index (χ4v) is 2.79. The minimum atomic E-state index is -0.0110. The molecule has 3 N–H and O–H groups in total. The van der Waals surface area contributed by atoms with Crippen LogP contribution in [0.1, 0.15) is 20.3 Å². The van der Waals surface area contributed by atoms with Gasteiger partial charge in [-0.25, -0.2) is 0 Å². The van der Waals surface area contributed by atoms with Crippen molar-refractivity contribution in [3.05, 3.63) is 24.3 Å². The molecule has 1 atom stereocenters. The third-order valence-corrected chi connectivity index (χ3v) is 4.18. The molecule has 0 spiro atoms. The fourth-order valence-electron chi connectivity index (χ4n) is 2.79. The van der Waals surface area contributed by atoms with Gasteiger partial charge in [0, 0.05) is 6.54 Å². The van der Waals surface area contributed by atoms with Crippen molar-refractivity contribution in [1.82, 2.24) is 5.32 Å². The van der Waals surface area contributed by atoms with Crippen molar-refractivity contribution in [2.24, 2.45) is 0 Å². The first-order valence-electron chi connectivity index (χ1n) is 7.78. The Labute approximate surface area is 126 Å². The predicted octanol–water partition coefficient (Wildman–Crippen LogP) is 0.0118. The summed E-state index contributed by atoms with van der Waals surface area (Å²) in [4.78, 5) is 15.5. The van der Waals surface area contributed by atoms with Crippen LogP contribution < -0.4 is 15.1 Å². The van der Waals surface area contributed by atoms with Crippen molar-refractivity contribution >= 4 is 11.6 Å². The van der Waals surface area contributed by atoms with Gasteiger partial charge in [0.1, 0.15) is 5.75 Å². The third kappa shape index (κ3) is 3.88. The van der Waals surface area contributed by atoms with Crippen LogP contribution in [-0.2, 0) is 4.79 Å². The molecule has 1 aliphatic rings. The first-order valence-corrected chi connectivity index (χ1v) is 7.78. The van der Waals surface area contributed by atoms with Crippen LogP contribution in [0.15, 0.2) is 24.3 Å². The molecule has 1 saturated heterocycles. The Morgan fingerprint density at radius 3 is 2.67 bits per heavy atom. The normalized spacial score (nSPS) is 17.5. The second kappa shape index (κ2) is 7.31. The summed E-state index contributed by atoms with van der Waals surface area (Å²) >= 11 is 0. The molecule has 0 aromatic heterocycles. The molecule has 21 heavy (non-hydrogen) atoms. The maximum atomic E-state index is 12.0. The summed E-state index contributed by atoms with van der Waals surface area (Å²) in [5.41, 5.74) is 0.889. The average molecular weight is 292 g/mol. The first-order chi connectivity index (χ1) is 10.1. The Kier molecular flexibility index (Phi) is 5.44. The van der Waals surface area contributed by atoms with Crippen molar-refractivity contribution in [3.63, 3.8) is 0 Å². The molecule has 1 aromatic rings. The van der Waals surface area contributed by atoms with E-state index in [9.17, 15) is 9.90 Å². The lowest BCUT2D eigenvalue weighted by molar-refractivity contribution is -0.914. The molecule has 0 aliphatic carbocycles. The third-order valence-electron chi connectivity index (χ3n) is 4.18. The lowest BCUT2D eigenvalue weighted by atomic mass is 10.2. The van der Waals surface area contributed by atoms with Gasteiger partial charge in [0.25, 0.3) is 5.91 Å². The molecule has 1 aliphatic heterocycles. The molecule has 0 bridgehead atoms. The maximum absolute atomic E-state index is 12.0. The van der Waals surface area contributed by atoms with E-state index in [1.807, 2.05) is 25.1 Å². The molecule has 5 heteroatoms. The zero-order chi connectivity index (χ0) is 15.2. The van der Waals surface area contributed by atoms with Gasteiger partial charge in [0.2, 0.25) is 0 Å². The lowest BCUT2D eigenvalue weighted by Gasteiger charge is -2.36. The van der Waals surface area contributed by atoms with E-state index in [-0.39, 0.29) is 11.9 Å². The van der Waals surface area contributed by atoms with E-state index in [4.69, 9.17) is 0 Å². The van der Waals surface area contributed by atoms with Gasteiger partial charge in [-0.1, -0.05) is 19.1 Å². The van der Waals surface area contributed by atoms with Crippen molar-refractivity contribution in [2.45, 2.75) is 26.3 Å². The van der Waals surface area contributed by atoms with Gasteiger partial charge in [-0.15, -0.1) is 0 Å². The Balaban J connectivity index is 1.88. The number of carbonyl (C=O) groups excluding carboxylic acids is 1. The summed E-state index contributed by atoms with van der Waals surface area (Å²) < 4.78 is 0. The summed E-state index contributed by atoms with van der Waals surface area (Å²) in [7, 11) is 0. The number of quaternary nitrogens is 1. The highest BCUT2D eigenvalue weighted by Crippen LogP contribution is 2.25. The second-order valence-electron chi connectivity index (χ2n) is 5.65. The molecule has 1 amide bonds. The molecule has 5 nitrogen and oxygen atoms in total. The highest BCUT2D eigenvalue weighted by Gasteiger charge is 2.29. The number of nitrogens with one attached hydrogen (secondary N) is 2. The standard InChI is InChI=1S/C16H25N3O2/c1-3-8-17-16(21)13(2)18-9-11-19(12-10-18)14-6-4-5-7-15(14)20/h4-7,13,20H,3,8-12H2,1-2H3,(H,17,21)/p+1/t13-/m1/s1. The van der Waals surface area contributed by atoms with Gasteiger partial charge in [0.15, 0.2) is 6.04 Å². The molecule has 1 aromatic carbocycles. The van der Waals surface area contributed by atoms with E-state index in [1.165, 1.54) is 4.90 Å². The van der Waals surface area contributed by atoms with Crippen LogP contribution in [0.2, 0.25) is 0 Å². The number of amides is 1. The highest BCUT2D eigenvalue weighted by atomic mass is 16.3. The number of para-hydroxylation sites is 2. The predicted molar refractivity (Wildman–Crippen MR) is 83.8 cm³/mol. The van der Waals surface area contributed by atoms with Crippen LogP contribution in [0.4, 0.5) is 5.69 Å². The fraction of sp³-hybridized carbons (Fsp3) is 0.562. The number of piperazine rings is 1. The van der Waals surface area contributed by atoms with E-state index in [0.29, 0.717) is 5.75 Å². The summed E-state index contributed by atoms with van der Waals surface area (Å²) in [5.74, 6) is 0.470. The van der Waals surface area contributed by atoms with E-state index < -0.39 is 0 Å². The summed E-state index contributed by atoms with van der Waals surface area (Å²) in [6.07, 6.45) is 0.967. The van der Waals surface area contributed by atoms with E-state index in [2.05, 4.69) is 17.1 Å². The van der Waals surface area contributed by atoms with Gasteiger partial charge in [0.05, 0.1) is 31.9 Å². The van der Waals surface area contributed by atoms with Gasteiger partial charge in [-0.2, -0.15) is 0 Å². The minimum Gasteiger partial charge on any atom is -0.506 e. The van der Waals surface area contributed by atoms with E-state index in [1.54, 1.807) is 6.07 Å².